The van der Waals surface area contributed by atoms with Crippen LogP contribution in [0.25, 0.3) is 0 Å². The molecular formula is C25H33N5O3. The molecule has 3 heterocycles. The summed E-state index contributed by atoms with van der Waals surface area (Å²) in [4.78, 5) is 42.4. The fourth-order valence-electron chi connectivity index (χ4n) is 4.45. The Hall–Kier alpha value is -3.16. The molecule has 4 rings (SSSR count). The summed E-state index contributed by atoms with van der Waals surface area (Å²) in [6.45, 7) is 9.11. The van der Waals surface area contributed by atoms with E-state index in [-0.39, 0.29) is 17.5 Å². The first-order chi connectivity index (χ1) is 15.8. The maximum atomic E-state index is 13.2. The van der Waals surface area contributed by atoms with Gasteiger partial charge in [0.05, 0.1) is 0 Å². The molecule has 0 aliphatic carbocycles. The van der Waals surface area contributed by atoms with Gasteiger partial charge in [-0.25, -0.2) is 0 Å². The van der Waals surface area contributed by atoms with Crippen LogP contribution in [0, 0.1) is 12.8 Å². The number of carbonyl (C=O) groups excluding carboxylic acids is 3. The number of benzene rings is 1. The normalized spacial score (nSPS) is 18.0. The number of amides is 3. The van der Waals surface area contributed by atoms with Crippen molar-refractivity contribution in [2.24, 2.45) is 5.92 Å². The predicted octanol–water partition coefficient (Wildman–Crippen LogP) is 2.61. The van der Waals surface area contributed by atoms with Crippen LogP contribution in [0.5, 0.6) is 0 Å². The first-order valence-corrected chi connectivity index (χ1v) is 11.8. The number of fused-ring (bicyclic) bond motifs is 1. The number of nitrogens with one attached hydrogen (secondary N) is 1. The maximum absolute atomic E-state index is 13.2. The van der Waals surface area contributed by atoms with Crippen molar-refractivity contribution in [3.8, 4) is 0 Å². The van der Waals surface area contributed by atoms with Crippen LogP contribution >= 0.6 is 0 Å². The summed E-state index contributed by atoms with van der Waals surface area (Å²) in [7, 11) is 0. The molecule has 1 aromatic heterocycles. The summed E-state index contributed by atoms with van der Waals surface area (Å²) in [5.41, 5.74) is 2.83. The van der Waals surface area contributed by atoms with Crippen molar-refractivity contribution >= 4 is 17.7 Å². The van der Waals surface area contributed by atoms with E-state index in [2.05, 4.69) is 17.3 Å². The zero-order valence-electron chi connectivity index (χ0n) is 19.7. The topological polar surface area (TPSA) is 87.5 Å². The van der Waals surface area contributed by atoms with Crippen LogP contribution < -0.4 is 5.32 Å². The standard InChI is InChI=1S/C25H33N5O3/c1-17-5-7-20(8-6-17)16-29-11-4-12-30-22(25(29)33)15-21(27-30)23(31)26-19(3)24(32)28-13-9-18(2)10-14-28/h5-8,15,18-19H,4,9-14,16H2,1-3H3,(H,26,31). The molecule has 3 amide bonds. The largest absolute Gasteiger partial charge is 0.341 e. The molecule has 176 valence electrons. The number of hydrogen-bond acceptors (Lipinski definition) is 4. The summed E-state index contributed by atoms with van der Waals surface area (Å²) in [6, 6.07) is 9.05. The quantitative estimate of drug-likeness (QED) is 0.757. The molecule has 0 spiro atoms. The van der Waals surface area contributed by atoms with Gasteiger partial charge in [0.25, 0.3) is 11.8 Å². The molecule has 1 N–H and O–H groups in total. The van der Waals surface area contributed by atoms with Crippen LogP contribution in [0.4, 0.5) is 0 Å². The van der Waals surface area contributed by atoms with Gasteiger partial charge in [-0.05, 0) is 44.6 Å². The van der Waals surface area contributed by atoms with Gasteiger partial charge < -0.3 is 15.1 Å². The highest BCUT2D eigenvalue weighted by molar-refractivity contribution is 5.99. The minimum atomic E-state index is -0.638. The molecule has 2 aliphatic heterocycles. The van der Waals surface area contributed by atoms with E-state index < -0.39 is 11.9 Å². The second-order valence-corrected chi connectivity index (χ2v) is 9.41. The van der Waals surface area contributed by atoms with E-state index in [4.69, 9.17) is 0 Å². The van der Waals surface area contributed by atoms with Crippen LogP contribution in [0.3, 0.4) is 0 Å². The van der Waals surface area contributed by atoms with Crippen LogP contribution in [-0.4, -0.2) is 63.0 Å². The average molecular weight is 452 g/mol. The Bertz CT molecular complexity index is 1020. The first kappa shape index (κ1) is 23.0. The molecule has 0 radical (unpaired) electrons. The first-order valence-electron chi connectivity index (χ1n) is 11.8. The van der Waals surface area contributed by atoms with Crippen LogP contribution in [-0.2, 0) is 17.9 Å². The van der Waals surface area contributed by atoms with Gasteiger partial charge in [0.15, 0.2) is 5.69 Å². The smallest absolute Gasteiger partial charge is 0.272 e. The molecule has 33 heavy (non-hydrogen) atoms. The Balaban J connectivity index is 1.42. The van der Waals surface area contributed by atoms with Gasteiger partial charge in [0.2, 0.25) is 5.91 Å². The summed E-state index contributed by atoms with van der Waals surface area (Å²) in [6.07, 6.45) is 2.73. The second-order valence-electron chi connectivity index (χ2n) is 9.41. The number of rotatable bonds is 5. The highest BCUT2D eigenvalue weighted by atomic mass is 16.2. The fourth-order valence-corrected chi connectivity index (χ4v) is 4.45. The number of aryl methyl sites for hydroxylation is 2. The monoisotopic (exact) mass is 451 g/mol. The third-order valence-electron chi connectivity index (χ3n) is 6.62. The van der Waals surface area contributed by atoms with E-state index >= 15 is 0 Å². The minimum absolute atomic E-state index is 0.0728. The van der Waals surface area contributed by atoms with E-state index in [0.29, 0.717) is 31.2 Å². The second kappa shape index (κ2) is 9.77. The zero-order valence-corrected chi connectivity index (χ0v) is 19.7. The molecule has 2 aromatic rings. The number of carbonyl (C=O) groups is 3. The predicted molar refractivity (Wildman–Crippen MR) is 125 cm³/mol. The van der Waals surface area contributed by atoms with Gasteiger partial charge >= 0.3 is 0 Å². The van der Waals surface area contributed by atoms with E-state index in [1.54, 1.807) is 22.6 Å². The van der Waals surface area contributed by atoms with Crippen LogP contribution in [0.15, 0.2) is 30.3 Å². The SMILES string of the molecule is Cc1ccc(CN2CCCn3nc(C(=O)NC(C)C(=O)N4CCC(C)CC4)cc3C2=O)cc1. The fraction of sp³-hybridized carbons (Fsp3) is 0.520. The number of aromatic nitrogens is 2. The van der Waals surface area contributed by atoms with Gasteiger partial charge in [0, 0.05) is 38.8 Å². The summed E-state index contributed by atoms with van der Waals surface area (Å²) < 4.78 is 1.62. The maximum Gasteiger partial charge on any atom is 0.272 e. The van der Waals surface area contributed by atoms with Crippen molar-refractivity contribution in [3.05, 3.63) is 52.8 Å². The summed E-state index contributed by atoms with van der Waals surface area (Å²) >= 11 is 0. The van der Waals surface area contributed by atoms with Crippen molar-refractivity contribution < 1.29 is 14.4 Å². The lowest BCUT2D eigenvalue weighted by molar-refractivity contribution is -0.134. The van der Waals surface area contributed by atoms with Crippen molar-refractivity contribution in [1.29, 1.82) is 0 Å². The lowest BCUT2D eigenvalue weighted by Gasteiger charge is -2.32. The molecule has 1 aromatic carbocycles. The molecule has 0 saturated carbocycles. The molecule has 1 atom stereocenters. The summed E-state index contributed by atoms with van der Waals surface area (Å²) in [5.74, 6) is -0.00903. The van der Waals surface area contributed by atoms with Gasteiger partial charge in [-0.3, -0.25) is 19.1 Å². The molecule has 2 aliphatic rings. The molecule has 1 saturated heterocycles. The molecule has 8 nitrogen and oxygen atoms in total. The average Bonchev–Trinajstić information content (AvgIpc) is 3.18. The van der Waals surface area contributed by atoms with E-state index in [9.17, 15) is 14.4 Å². The van der Waals surface area contributed by atoms with Crippen molar-refractivity contribution in [3.63, 3.8) is 0 Å². The van der Waals surface area contributed by atoms with Gasteiger partial charge in [-0.1, -0.05) is 36.8 Å². The molecule has 1 fully saturated rings. The van der Waals surface area contributed by atoms with Crippen molar-refractivity contribution in [2.75, 3.05) is 19.6 Å². The Labute approximate surface area is 194 Å². The zero-order chi connectivity index (χ0) is 23.5. The molecular weight excluding hydrogens is 418 g/mol. The van der Waals surface area contributed by atoms with Crippen molar-refractivity contribution in [1.82, 2.24) is 24.9 Å². The van der Waals surface area contributed by atoms with Gasteiger partial charge in [-0.2, -0.15) is 5.10 Å². The lowest BCUT2D eigenvalue weighted by Crippen LogP contribution is -2.49. The Kier molecular flexibility index (Phi) is 6.81. The van der Waals surface area contributed by atoms with E-state index in [1.807, 2.05) is 36.1 Å². The summed E-state index contributed by atoms with van der Waals surface area (Å²) in [5, 5.41) is 7.15. The third-order valence-corrected chi connectivity index (χ3v) is 6.62. The number of nitrogens with zero attached hydrogens (tertiary/aromatic N) is 4. The van der Waals surface area contributed by atoms with E-state index in [0.717, 1.165) is 37.9 Å². The Morgan fingerprint density at radius 2 is 1.82 bits per heavy atom. The Morgan fingerprint density at radius 1 is 1.12 bits per heavy atom. The van der Waals surface area contributed by atoms with Crippen LogP contribution in [0.2, 0.25) is 0 Å². The lowest BCUT2D eigenvalue weighted by atomic mass is 9.99. The molecule has 8 heteroatoms. The third kappa shape index (κ3) is 5.26. The Morgan fingerprint density at radius 3 is 2.52 bits per heavy atom. The van der Waals surface area contributed by atoms with E-state index in [1.165, 1.54) is 5.56 Å². The van der Waals surface area contributed by atoms with Gasteiger partial charge in [0.1, 0.15) is 11.7 Å². The minimum Gasteiger partial charge on any atom is -0.341 e. The number of piperidine rings is 1. The number of hydrogen-bond donors (Lipinski definition) is 1. The van der Waals surface area contributed by atoms with Crippen LogP contribution in [0.1, 0.15) is 65.2 Å². The van der Waals surface area contributed by atoms with Gasteiger partial charge in [-0.15, -0.1) is 0 Å². The van der Waals surface area contributed by atoms with Crippen molar-refractivity contribution in [2.45, 2.75) is 59.2 Å². The molecule has 0 bridgehead atoms. The molecule has 1 unspecified atom stereocenters. The highest BCUT2D eigenvalue weighted by Gasteiger charge is 2.29. The highest BCUT2D eigenvalue weighted by Crippen LogP contribution is 2.18. The number of likely N-dealkylation sites (tertiary alicyclic amines) is 1.